The molecule has 0 spiro atoms. The van der Waals surface area contributed by atoms with Gasteiger partial charge in [0.1, 0.15) is 10.7 Å². The van der Waals surface area contributed by atoms with E-state index in [0.717, 1.165) is 35.0 Å². The molecule has 6 nitrogen and oxygen atoms in total. The van der Waals surface area contributed by atoms with Crippen LogP contribution in [0.1, 0.15) is 35.2 Å². The van der Waals surface area contributed by atoms with E-state index in [9.17, 15) is 13.6 Å². The van der Waals surface area contributed by atoms with Gasteiger partial charge in [-0.1, -0.05) is 13.0 Å². The van der Waals surface area contributed by atoms with Gasteiger partial charge in [0.05, 0.1) is 19.0 Å². The Kier molecular flexibility index (Phi) is 6.24. The van der Waals surface area contributed by atoms with Crippen LogP contribution in [-0.2, 0) is 25.9 Å². The second-order valence-corrected chi connectivity index (χ2v) is 9.16. The Morgan fingerprint density at radius 2 is 2.13 bits per heavy atom. The second kappa shape index (κ2) is 8.92. The minimum atomic E-state index is -2.91. The zero-order chi connectivity index (χ0) is 22.1. The molecule has 0 saturated carbocycles. The number of fused-ring (bicyclic) bond motifs is 3. The molecule has 4 rings (SSSR count). The molecule has 1 aliphatic rings. The lowest BCUT2D eigenvalue weighted by Gasteiger charge is -2.18. The van der Waals surface area contributed by atoms with Gasteiger partial charge in [0.15, 0.2) is 11.5 Å². The summed E-state index contributed by atoms with van der Waals surface area (Å²) in [5.41, 5.74) is 1.96. The number of aryl methyl sites for hydroxylation is 1. The van der Waals surface area contributed by atoms with E-state index >= 15 is 0 Å². The fourth-order valence-corrected chi connectivity index (χ4v) is 5.50. The number of benzene rings is 1. The van der Waals surface area contributed by atoms with Crippen LogP contribution >= 0.6 is 11.3 Å². The molecule has 9 heteroatoms. The van der Waals surface area contributed by atoms with Gasteiger partial charge in [0.2, 0.25) is 0 Å². The van der Waals surface area contributed by atoms with E-state index in [1.54, 1.807) is 23.5 Å². The molecule has 0 bridgehead atoms. The van der Waals surface area contributed by atoms with Gasteiger partial charge in [0.25, 0.3) is 5.56 Å². The van der Waals surface area contributed by atoms with E-state index < -0.39 is 6.61 Å². The highest BCUT2D eigenvalue weighted by molar-refractivity contribution is 7.18. The Morgan fingerprint density at radius 1 is 1.32 bits per heavy atom. The second-order valence-electron chi connectivity index (χ2n) is 8.08. The maximum Gasteiger partial charge on any atom is 0.387 e. The smallest absolute Gasteiger partial charge is 0.387 e. The minimum Gasteiger partial charge on any atom is -0.493 e. The number of nitrogens with zero attached hydrogens (tertiary/aromatic N) is 2. The molecule has 0 fully saturated rings. The summed E-state index contributed by atoms with van der Waals surface area (Å²) in [6.45, 7) is 0.297. The van der Waals surface area contributed by atoms with Gasteiger partial charge in [-0.3, -0.25) is 9.69 Å². The van der Waals surface area contributed by atoms with E-state index in [1.165, 1.54) is 23.6 Å². The topological polar surface area (TPSA) is 67.5 Å². The van der Waals surface area contributed by atoms with Crippen LogP contribution in [0, 0.1) is 5.92 Å². The molecule has 0 aliphatic heterocycles. The van der Waals surface area contributed by atoms with Crippen molar-refractivity contribution in [3.05, 3.63) is 50.4 Å². The summed E-state index contributed by atoms with van der Waals surface area (Å²) in [7, 11) is 3.31. The highest BCUT2D eigenvalue weighted by Crippen LogP contribution is 2.35. The van der Waals surface area contributed by atoms with Crippen LogP contribution < -0.4 is 15.0 Å². The summed E-state index contributed by atoms with van der Waals surface area (Å²) in [6, 6.07) is 4.85. The Morgan fingerprint density at radius 3 is 2.87 bits per heavy atom. The third-order valence-electron chi connectivity index (χ3n) is 5.53. The number of methoxy groups -OCH3 is 1. The van der Waals surface area contributed by atoms with Gasteiger partial charge in [-0.25, -0.2) is 4.98 Å². The van der Waals surface area contributed by atoms with Crippen LogP contribution in [0.2, 0.25) is 0 Å². The predicted octanol–water partition coefficient (Wildman–Crippen LogP) is 4.35. The van der Waals surface area contributed by atoms with Crippen LogP contribution in [0.4, 0.5) is 8.78 Å². The normalized spacial score (nSPS) is 16.2. The van der Waals surface area contributed by atoms with Crippen molar-refractivity contribution in [1.29, 1.82) is 0 Å². The molecule has 0 saturated heterocycles. The number of H-pyrrole nitrogens is 1. The number of aromatic amines is 1. The first kappa shape index (κ1) is 21.7. The lowest BCUT2D eigenvalue weighted by molar-refractivity contribution is -0.0512. The quantitative estimate of drug-likeness (QED) is 0.581. The van der Waals surface area contributed by atoms with Crippen LogP contribution in [0.5, 0.6) is 11.5 Å². The van der Waals surface area contributed by atoms with Crippen LogP contribution in [0.3, 0.4) is 0 Å². The van der Waals surface area contributed by atoms with E-state index in [4.69, 9.17) is 9.72 Å². The van der Waals surface area contributed by atoms with Crippen LogP contribution in [0.25, 0.3) is 10.2 Å². The van der Waals surface area contributed by atoms with Crippen molar-refractivity contribution in [3.63, 3.8) is 0 Å². The molecule has 31 heavy (non-hydrogen) atoms. The van der Waals surface area contributed by atoms with Gasteiger partial charge in [-0.05, 0) is 55.5 Å². The fourth-order valence-electron chi connectivity index (χ4n) is 4.10. The number of nitrogens with one attached hydrogen (secondary N) is 1. The molecule has 0 amide bonds. The number of ether oxygens (including phenoxy) is 2. The number of hydrogen-bond acceptors (Lipinski definition) is 6. The maximum absolute atomic E-state index is 12.8. The van der Waals surface area contributed by atoms with E-state index in [-0.39, 0.29) is 17.1 Å². The van der Waals surface area contributed by atoms with Gasteiger partial charge in [-0.2, -0.15) is 8.78 Å². The predicted molar refractivity (Wildman–Crippen MR) is 116 cm³/mol. The van der Waals surface area contributed by atoms with E-state index in [2.05, 4.69) is 16.6 Å². The van der Waals surface area contributed by atoms with Crippen molar-refractivity contribution in [3.8, 4) is 11.5 Å². The molecule has 166 valence electrons. The van der Waals surface area contributed by atoms with Crippen LogP contribution in [0.15, 0.2) is 23.0 Å². The first-order valence-corrected chi connectivity index (χ1v) is 11.0. The third kappa shape index (κ3) is 4.72. The lowest BCUT2D eigenvalue weighted by Crippen LogP contribution is -2.22. The maximum atomic E-state index is 12.8. The highest BCUT2D eigenvalue weighted by Gasteiger charge is 2.23. The average molecular weight is 450 g/mol. The molecule has 1 aromatic carbocycles. The summed E-state index contributed by atoms with van der Waals surface area (Å²) in [5, 5.41) is 0.748. The van der Waals surface area contributed by atoms with E-state index in [1.807, 2.05) is 11.9 Å². The first-order valence-electron chi connectivity index (χ1n) is 10.2. The molecular weight excluding hydrogens is 424 g/mol. The standard InChI is InChI=1S/C22H25F2N3O3S/c1-12-4-6-14-17(8-12)31-21-19(14)20(28)25-18(26-21)11-27(2)10-13-5-7-15(30-22(23)24)16(9-13)29-3/h5,7,9,12,22H,4,6,8,10-11H2,1-3H3,(H,25,26,28). The van der Waals surface area contributed by atoms with Crippen molar-refractivity contribution in [1.82, 2.24) is 14.9 Å². The molecule has 1 aliphatic carbocycles. The zero-order valence-electron chi connectivity index (χ0n) is 17.7. The van der Waals surface area contributed by atoms with Crippen molar-refractivity contribution >= 4 is 21.6 Å². The number of halogens is 2. The Hall–Kier alpha value is -2.52. The first-order chi connectivity index (χ1) is 14.8. The molecule has 2 aromatic heterocycles. The summed E-state index contributed by atoms with van der Waals surface area (Å²) >= 11 is 1.63. The highest BCUT2D eigenvalue weighted by atomic mass is 32.1. The number of thiophene rings is 1. The molecule has 1 unspecified atom stereocenters. The number of rotatable bonds is 7. The van der Waals surface area contributed by atoms with Crippen molar-refractivity contribution in [2.45, 2.75) is 45.9 Å². The summed E-state index contributed by atoms with van der Waals surface area (Å²) in [6.07, 6.45) is 3.05. The fraction of sp³-hybridized carbons (Fsp3) is 0.455. The lowest BCUT2D eigenvalue weighted by atomic mass is 9.89. The van der Waals surface area contributed by atoms with E-state index in [0.29, 0.717) is 24.8 Å². The summed E-state index contributed by atoms with van der Waals surface area (Å²) in [5.74, 6) is 1.49. The minimum absolute atomic E-state index is 0.00340. The van der Waals surface area contributed by atoms with Crippen molar-refractivity contribution in [2.75, 3.05) is 14.2 Å². The Bertz CT molecular complexity index is 1140. The summed E-state index contributed by atoms with van der Waals surface area (Å²) < 4.78 is 34.6. The van der Waals surface area contributed by atoms with Gasteiger partial charge in [0, 0.05) is 11.4 Å². The molecule has 0 radical (unpaired) electrons. The molecule has 1 atom stereocenters. The molecule has 2 heterocycles. The molecule has 3 aromatic rings. The Balaban J connectivity index is 1.51. The average Bonchev–Trinajstić information content (AvgIpc) is 3.06. The molecular formula is C22H25F2N3O3S. The van der Waals surface area contributed by atoms with Gasteiger partial charge < -0.3 is 14.5 Å². The SMILES string of the molecule is COc1cc(CN(C)Cc2nc3sc4c(c3c(=O)[nH]2)CCC(C)C4)ccc1OC(F)F. The largest absolute Gasteiger partial charge is 0.493 e. The molecule has 1 N–H and O–H groups in total. The van der Waals surface area contributed by atoms with Crippen LogP contribution in [-0.4, -0.2) is 35.6 Å². The van der Waals surface area contributed by atoms with Gasteiger partial charge >= 0.3 is 6.61 Å². The number of hydrogen-bond donors (Lipinski definition) is 1. The van der Waals surface area contributed by atoms with Crippen molar-refractivity contribution in [2.24, 2.45) is 5.92 Å². The Labute approximate surface area is 182 Å². The summed E-state index contributed by atoms with van der Waals surface area (Å²) in [4.78, 5) is 24.5. The van der Waals surface area contributed by atoms with Gasteiger partial charge in [-0.15, -0.1) is 11.3 Å². The van der Waals surface area contributed by atoms with Crippen molar-refractivity contribution < 1.29 is 18.3 Å². The zero-order valence-corrected chi connectivity index (χ0v) is 18.5. The number of aromatic nitrogens is 2. The third-order valence-corrected chi connectivity index (χ3v) is 6.68. The number of alkyl halides is 2. The monoisotopic (exact) mass is 449 g/mol.